The van der Waals surface area contributed by atoms with Gasteiger partial charge in [-0.1, -0.05) is 76.9 Å². The zero-order chi connectivity index (χ0) is 17.3. The highest BCUT2D eigenvalue weighted by molar-refractivity contribution is 7.98. The van der Waals surface area contributed by atoms with Crippen molar-refractivity contribution in [2.75, 3.05) is 5.73 Å². The molecule has 8 heteroatoms. The number of nitrogen functional groups attached to an aromatic ring is 1. The lowest BCUT2D eigenvalue weighted by Crippen LogP contribution is -2.00. The van der Waals surface area contributed by atoms with Crippen LogP contribution < -0.4 is 5.73 Å². The Bertz CT molecular complexity index is 971. The number of rotatable bonds is 3. The summed E-state index contributed by atoms with van der Waals surface area (Å²) in [5.74, 6) is 0.844. The van der Waals surface area contributed by atoms with Gasteiger partial charge in [-0.15, -0.1) is 0 Å². The third-order valence-electron chi connectivity index (χ3n) is 3.30. The van der Waals surface area contributed by atoms with Crippen LogP contribution in [-0.2, 0) is 5.75 Å². The van der Waals surface area contributed by atoms with Gasteiger partial charge < -0.3 is 5.73 Å². The molecule has 3 rings (SSSR count). The summed E-state index contributed by atoms with van der Waals surface area (Å²) in [5.41, 5.74) is 7.55. The normalized spacial score (nSPS) is 10.8. The molecule has 2 aromatic carbocycles. The van der Waals surface area contributed by atoms with Crippen LogP contribution in [0.25, 0.3) is 10.9 Å². The highest BCUT2D eigenvalue weighted by Crippen LogP contribution is 2.41. The zero-order valence-electron chi connectivity index (χ0n) is 12.1. The number of halogens is 3. The fraction of sp³-hybridized carbons (Fsp3) is 0.0625. The van der Waals surface area contributed by atoms with E-state index in [1.54, 1.807) is 0 Å². The molecule has 0 saturated heterocycles. The largest absolute Gasteiger partial charge is 0.383 e. The molecule has 120 valence electrons. The van der Waals surface area contributed by atoms with Gasteiger partial charge in [-0.25, -0.2) is 9.97 Å². The maximum Gasteiger partial charge on any atom is 0.190 e. The molecule has 0 amide bonds. The first-order valence-electron chi connectivity index (χ1n) is 6.73. The minimum atomic E-state index is 0.0637. The van der Waals surface area contributed by atoms with Crippen molar-refractivity contribution in [3.63, 3.8) is 0 Å². The number of hydrogen-bond donors (Lipinski definition) is 1. The minimum Gasteiger partial charge on any atom is -0.383 e. The van der Waals surface area contributed by atoms with Crippen LogP contribution >= 0.6 is 46.6 Å². The molecular formula is C16H9Cl3N4S. The van der Waals surface area contributed by atoms with Gasteiger partial charge in [-0.2, -0.15) is 5.26 Å². The van der Waals surface area contributed by atoms with E-state index in [9.17, 15) is 5.26 Å². The van der Waals surface area contributed by atoms with Gasteiger partial charge in [0.15, 0.2) is 5.16 Å². The number of benzene rings is 2. The van der Waals surface area contributed by atoms with Crippen molar-refractivity contribution in [1.82, 2.24) is 9.97 Å². The third kappa shape index (κ3) is 3.11. The van der Waals surface area contributed by atoms with Crippen molar-refractivity contribution >= 4 is 63.3 Å². The monoisotopic (exact) mass is 394 g/mol. The number of fused-ring (bicyclic) bond motifs is 1. The van der Waals surface area contributed by atoms with E-state index in [-0.39, 0.29) is 26.4 Å². The summed E-state index contributed by atoms with van der Waals surface area (Å²) in [7, 11) is 0. The van der Waals surface area contributed by atoms with E-state index in [2.05, 4.69) is 9.97 Å². The Morgan fingerprint density at radius 3 is 2.42 bits per heavy atom. The summed E-state index contributed by atoms with van der Waals surface area (Å²) in [5, 5.41) is 10.3. The number of nitrogens with two attached hydrogens (primary N) is 1. The Labute approximate surface area is 157 Å². The van der Waals surface area contributed by atoms with E-state index in [4.69, 9.17) is 40.5 Å². The van der Waals surface area contributed by atoms with Crippen molar-refractivity contribution < 1.29 is 0 Å². The molecule has 0 bridgehead atoms. The molecule has 2 N–H and O–H groups in total. The van der Waals surface area contributed by atoms with E-state index < -0.39 is 0 Å². The van der Waals surface area contributed by atoms with Gasteiger partial charge >= 0.3 is 0 Å². The molecule has 0 saturated carbocycles. The molecule has 1 heterocycles. The molecule has 4 nitrogen and oxygen atoms in total. The zero-order valence-corrected chi connectivity index (χ0v) is 15.1. The maximum atomic E-state index is 9.18. The van der Waals surface area contributed by atoms with Crippen LogP contribution in [-0.4, -0.2) is 9.97 Å². The molecule has 0 aliphatic carbocycles. The Balaban J connectivity index is 2.07. The second kappa shape index (κ2) is 7.04. The lowest BCUT2D eigenvalue weighted by Gasteiger charge is -2.11. The lowest BCUT2D eigenvalue weighted by molar-refractivity contribution is 1.01. The smallest absolute Gasteiger partial charge is 0.190 e. The van der Waals surface area contributed by atoms with Gasteiger partial charge in [0, 0.05) is 5.75 Å². The van der Waals surface area contributed by atoms with E-state index in [1.165, 1.54) is 11.8 Å². The number of thioether (sulfide) groups is 1. The molecular weight excluding hydrogens is 387 g/mol. The van der Waals surface area contributed by atoms with Gasteiger partial charge in [-0.05, 0) is 5.56 Å². The Morgan fingerprint density at radius 1 is 1.04 bits per heavy atom. The van der Waals surface area contributed by atoms with E-state index in [0.29, 0.717) is 21.8 Å². The Kier molecular flexibility index (Phi) is 5.02. The van der Waals surface area contributed by atoms with Crippen LogP contribution in [0.1, 0.15) is 11.1 Å². The summed E-state index contributed by atoms with van der Waals surface area (Å²) in [6, 6.07) is 11.8. The first-order chi connectivity index (χ1) is 11.5. The minimum absolute atomic E-state index is 0.0637. The summed E-state index contributed by atoms with van der Waals surface area (Å²) in [6.45, 7) is 0. The summed E-state index contributed by atoms with van der Waals surface area (Å²) in [4.78, 5) is 8.67. The molecule has 3 aromatic rings. The number of nitrogens with zero attached hydrogens (tertiary/aromatic N) is 3. The number of nitriles is 1. The highest BCUT2D eigenvalue weighted by Gasteiger charge is 2.20. The molecule has 1 aromatic heterocycles. The van der Waals surface area contributed by atoms with Gasteiger partial charge in [0.1, 0.15) is 11.9 Å². The van der Waals surface area contributed by atoms with Crippen LogP contribution in [0.4, 0.5) is 5.82 Å². The predicted octanol–water partition coefficient (Wildman–Crippen LogP) is 5.34. The molecule has 0 unspecified atom stereocenters. The second-order valence-corrected chi connectivity index (χ2v) is 6.89. The third-order valence-corrected chi connectivity index (χ3v) is 5.44. The summed E-state index contributed by atoms with van der Waals surface area (Å²) >= 11 is 20.0. The molecule has 0 atom stereocenters. The van der Waals surface area contributed by atoms with Crippen LogP contribution in [0.5, 0.6) is 0 Å². The quantitative estimate of drug-likeness (QED) is 0.368. The molecule has 0 aliphatic heterocycles. The van der Waals surface area contributed by atoms with Gasteiger partial charge in [0.05, 0.1) is 31.5 Å². The van der Waals surface area contributed by atoms with E-state index in [1.807, 2.05) is 36.4 Å². The van der Waals surface area contributed by atoms with Crippen molar-refractivity contribution in [3.05, 3.63) is 56.5 Å². The molecule has 0 aliphatic rings. The van der Waals surface area contributed by atoms with Crippen LogP contribution in [0, 0.1) is 11.3 Å². The molecule has 24 heavy (non-hydrogen) atoms. The fourth-order valence-electron chi connectivity index (χ4n) is 2.15. The van der Waals surface area contributed by atoms with Gasteiger partial charge in [0.2, 0.25) is 0 Å². The molecule has 0 radical (unpaired) electrons. The van der Waals surface area contributed by atoms with Crippen LogP contribution in [0.2, 0.25) is 15.1 Å². The Morgan fingerprint density at radius 2 is 1.75 bits per heavy atom. The number of anilines is 1. The van der Waals surface area contributed by atoms with Gasteiger partial charge in [-0.3, -0.25) is 0 Å². The lowest BCUT2D eigenvalue weighted by atomic mass is 10.1. The predicted molar refractivity (Wildman–Crippen MR) is 99.7 cm³/mol. The topological polar surface area (TPSA) is 75.6 Å². The average molecular weight is 396 g/mol. The Hall–Kier alpha value is -1.71. The van der Waals surface area contributed by atoms with Crippen molar-refractivity contribution in [2.45, 2.75) is 10.9 Å². The van der Waals surface area contributed by atoms with Crippen molar-refractivity contribution in [2.24, 2.45) is 0 Å². The van der Waals surface area contributed by atoms with Crippen molar-refractivity contribution in [3.8, 4) is 6.07 Å². The van der Waals surface area contributed by atoms with Gasteiger partial charge in [0.25, 0.3) is 0 Å². The van der Waals surface area contributed by atoms with E-state index >= 15 is 0 Å². The summed E-state index contributed by atoms with van der Waals surface area (Å²) < 4.78 is 0. The fourth-order valence-corrected chi connectivity index (χ4v) is 3.79. The first kappa shape index (κ1) is 17.1. The van der Waals surface area contributed by atoms with E-state index in [0.717, 1.165) is 5.56 Å². The standard InChI is InChI=1S/C16H9Cl3N4S/c17-11-9(6-20)12(18)13(19)14-10(11)15(21)23-16(22-14)24-7-8-4-2-1-3-5-8/h1-5H,7H2,(H2,21,22,23). The highest BCUT2D eigenvalue weighted by atomic mass is 35.5. The summed E-state index contributed by atoms with van der Waals surface area (Å²) in [6.07, 6.45) is 0. The van der Waals surface area contributed by atoms with Crippen LogP contribution in [0.3, 0.4) is 0 Å². The molecule has 0 fully saturated rings. The van der Waals surface area contributed by atoms with Crippen LogP contribution in [0.15, 0.2) is 35.5 Å². The maximum absolute atomic E-state index is 9.18. The first-order valence-corrected chi connectivity index (χ1v) is 8.85. The van der Waals surface area contributed by atoms with Crippen molar-refractivity contribution in [1.29, 1.82) is 5.26 Å². The average Bonchev–Trinajstić information content (AvgIpc) is 2.59. The number of aromatic nitrogens is 2. The number of hydrogen-bond acceptors (Lipinski definition) is 5. The SMILES string of the molecule is N#Cc1c(Cl)c(Cl)c2nc(SCc3ccccc3)nc(N)c2c1Cl. The second-order valence-electron chi connectivity index (χ2n) is 4.82. The molecule has 0 spiro atoms.